The van der Waals surface area contributed by atoms with Crippen LogP contribution in [0.1, 0.15) is 57.9 Å². The lowest BCUT2D eigenvalue weighted by Gasteiger charge is -2.13. The molecule has 0 aliphatic carbocycles. The Balaban J connectivity index is 2.05. The predicted octanol–water partition coefficient (Wildman–Crippen LogP) is 4.70. The molecule has 0 N–H and O–H groups in total. The minimum absolute atomic E-state index is 0.337. The summed E-state index contributed by atoms with van der Waals surface area (Å²) < 4.78 is 11.4. The van der Waals surface area contributed by atoms with Crippen molar-refractivity contribution in [2.24, 2.45) is 0 Å². The second-order valence-corrected chi connectivity index (χ2v) is 5.37. The maximum Gasteiger partial charge on any atom is 0.120 e. The number of hydrogen-bond acceptors (Lipinski definition) is 3. The maximum absolute atomic E-state index is 8.81. The van der Waals surface area contributed by atoms with Gasteiger partial charge in [0.05, 0.1) is 31.0 Å². The van der Waals surface area contributed by atoms with Gasteiger partial charge in [-0.1, -0.05) is 38.7 Å². The van der Waals surface area contributed by atoms with Crippen molar-refractivity contribution in [2.45, 2.75) is 58.5 Å². The van der Waals surface area contributed by atoms with Gasteiger partial charge in [0.25, 0.3) is 0 Å². The molecule has 0 spiro atoms. The summed E-state index contributed by atoms with van der Waals surface area (Å²) in [6.07, 6.45) is 7.52. The summed E-state index contributed by atoms with van der Waals surface area (Å²) in [7, 11) is 0. The van der Waals surface area contributed by atoms with Gasteiger partial charge >= 0.3 is 0 Å². The average Bonchev–Trinajstić information content (AvgIpc) is 2.51. The number of ether oxygens (including phenoxy) is 2. The van der Waals surface area contributed by atoms with Crippen LogP contribution >= 0.6 is 0 Å². The normalized spacial score (nSPS) is 11.9. The molecule has 0 fully saturated rings. The van der Waals surface area contributed by atoms with Gasteiger partial charge in [-0.15, -0.1) is 0 Å². The minimum Gasteiger partial charge on any atom is -0.493 e. The second kappa shape index (κ2) is 11.2. The van der Waals surface area contributed by atoms with Crippen molar-refractivity contribution >= 4 is 0 Å². The van der Waals surface area contributed by atoms with Gasteiger partial charge in [-0.3, -0.25) is 0 Å². The van der Waals surface area contributed by atoms with E-state index in [4.69, 9.17) is 14.7 Å². The van der Waals surface area contributed by atoms with E-state index in [2.05, 4.69) is 19.9 Å². The molecule has 1 unspecified atom stereocenters. The highest BCUT2D eigenvalue weighted by molar-refractivity contribution is 5.36. The lowest BCUT2D eigenvalue weighted by atomic mass is 10.1. The minimum atomic E-state index is 0.337. The van der Waals surface area contributed by atoms with Gasteiger partial charge in [-0.05, 0) is 31.5 Å². The van der Waals surface area contributed by atoms with Crippen molar-refractivity contribution in [2.75, 3.05) is 13.2 Å². The molecular formula is C18H27NO2. The van der Waals surface area contributed by atoms with E-state index in [0.717, 1.165) is 25.2 Å². The highest BCUT2D eigenvalue weighted by atomic mass is 16.5. The highest BCUT2D eigenvalue weighted by Gasteiger charge is 2.02. The summed E-state index contributed by atoms with van der Waals surface area (Å²) in [6.45, 7) is 5.72. The van der Waals surface area contributed by atoms with Crippen LogP contribution in [0.3, 0.4) is 0 Å². The van der Waals surface area contributed by atoms with Gasteiger partial charge in [0.1, 0.15) is 5.75 Å². The summed E-state index contributed by atoms with van der Waals surface area (Å²) in [6, 6.07) is 9.35. The molecule has 3 nitrogen and oxygen atoms in total. The lowest BCUT2D eigenvalue weighted by Crippen LogP contribution is -2.11. The number of unbranched alkanes of at least 4 members (excludes halogenated alkanes) is 3. The number of rotatable bonds is 11. The van der Waals surface area contributed by atoms with Gasteiger partial charge in [0, 0.05) is 6.42 Å². The van der Waals surface area contributed by atoms with Crippen LogP contribution in [0.15, 0.2) is 24.3 Å². The molecule has 21 heavy (non-hydrogen) atoms. The molecule has 0 aliphatic rings. The molecule has 0 amide bonds. The van der Waals surface area contributed by atoms with E-state index in [-0.39, 0.29) is 0 Å². The lowest BCUT2D eigenvalue weighted by molar-refractivity contribution is 0.0507. The Bertz CT molecular complexity index is 425. The van der Waals surface area contributed by atoms with Crippen molar-refractivity contribution in [3.05, 3.63) is 29.8 Å². The van der Waals surface area contributed by atoms with E-state index in [1.807, 2.05) is 12.1 Å². The number of benzene rings is 1. The number of hydrogen-bond donors (Lipinski definition) is 0. The SMILES string of the molecule is CCCCCCC(C)OCCCOc1cccc(C#N)c1. The third-order valence-corrected chi connectivity index (χ3v) is 3.39. The van der Waals surface area contributed by atoms with Gasteiger partial charge < -0.3 is 9.47 Å². The van der Waals surface area contributed by atoms with Crippen molar-refractivity contribution in [3.63, 3.8) is 0 Å². The quantitative estimate of drug-likeness (QED) is 0.554. The first-order valence-electron chi connectivity index (χ1n) is 8.00. The third-order valence-electron chi connectivity index (χ3n) is 3.39. The van der Waals surface area contributed by atoms with Crippen LogP contribution in [0.2, 0.25) is 0 Å². The molecule has 1 aromatic rings. The molecule has 0 aliphatic heterocycles. The zero-order chi connectivity index (χ0) is 15.3. The first kappa shape index (κ1) is 17.5. The molecule has 1 atom stereocenters. The van der Waals surface area contributed by atoms with E-state index in [9.17, 15) is 0 Å². The summed E-state index contributed by atoms with van der Waals surface area (Å²) in [5.74, 6) is 0.752. The van der Waals surface area contributed by atoms with Crippen LogP contribution in [-0.2, 0) is 4.74 Å². The first-order valence-corrected chi connectivity index (χ1v) is 8.00. The fourth-order valence-corrected chi connectivity index (χ4v) is 2.13. The van der Waals surface area contributed by atoms with E-state index in [1.165, 1.54) is 25.7 Å². The summed E-state index contributed by atoms with van der Waals surface area (Å²) in [5, 5.41) is 8.81. The first-order chi connectivity index (χ1) is 10.3. The monoisotopic (exact) mass is 289 g/mol. The Morgan fingerprint density at radius 1 is 1.14 bits per heavy atom. The van der Waals surface area contributed by atoms with Crippen molar-refractivity contribution in [1.82, 2.24) is 0 Å². The third kappa shape index (κ3) is 8.37. The Morgan fingerprint density at radius 3 is 2.76 bits per heavy atom. The molecule has 0 bridgehead atoms. The Hall–Kier alpha value is -1.53. The average molecular weight is 289 g/mol. The zero-order valence-electron chi connectivity index (χ0n) is 13.3. The van der Waals surface area contributed by atoms with Gasteiger partial charge in [0.2, 0.25) is 0 Å². The molecule has 1 rings (SSSR count). The fourth-order valence-electron chi connectivity index (χ4n) is 2.13. The molecule has 0 heterocycles. The standard InChI is InChI=1S/C18H27NO2/c1-3-4-5-6-9-16(2)20-12-8-13-21-18-11-7-10-17(14-18)15-19/h7,10-11,14,16H,3-6,8-9,12-13H2,1-2H3. The van der Waals surface area contributed by atoms with Gasteiger partial charge in [0.15, 0.2) is 0 Å². The van der Waals surface area contributed by atoms with Crippen LogP contribution in [0.5, 0.6) is 5.75 Å². The van der Waals surface area contributed by atoms with Crippen LogP contribution in [0, 0.1) is 11.3 Å². The van der Waals surface area contributed by atoms with Crippen molar-refractivity contribution < 1.29 is 9.47 Å². The van der Waals surface area contributed by atoms with E-state index >= 15 is 0 Å². The van der Waals surface area contributed by atoms with Crippen LogP contribution in [0.25, 0.3) is 0 Å². The second-order valence-electron chi connectivity index (χ2n) is 5.37. The van der Waals surface area contributed by atoms with Crippen LogP contribution in [0.4, 0.5) is 0 Å². The van der Waals surface area contributed by atoms with Crippen molar-refractivity contribution in [3.8, 4) is 11.8 Å². The van der Waals surface area contributed by atoms with Crippen LogP contribution in [-0.4, -0.2) is 19.3 Å². The molecule has 0 aromatic heterocycles. The Labute approximate surface area is 128 Å². The Kier molecular flexibility index (Phi) is 9.32. The topological polar surface area (TPSA) is 42.2 Å². The molecule has 3 heteroatoms. The van der Waals surface area contributed by atoms with Crippen molar-refractivity contribution in [1.29, 1.82) is 5.26 Å². The largest absolute Gasteiger partial charge is 0.493 e. The molecule has 0 saturated heterocycles. The molecule has 1 aromatic carbocycles. The van der Waals surface area contributed by atoms with E-state index in [0.29, 0.717) is 18.3 Å². The van der Waals surface area contributed by atoms with Gasteiger partial charge in [-0.2, -0.15) is 5.26 Å². The number of nitrogens with zero attached hydrogens (tertiary/aromatic N) is 1. The molecule has 0 saturated carbocycles. The Morgan fingerprint density at radius 2 is 2.00 bits per heavy atom. The molecular weight excluding hydrogens is 262 g/mol. The number of nitriles is 1. The summed E-state index contributed by atoms with van der Waals surface area (Å²) >= 11 is 0. The molecule has 116 valence electrons. The molecule has 0 radical (unpaired) electrons. The zero-order valence-corrected chi connectivity index (χ0v) is 13.3. The highest BCUT2D eigenvalue weighted by Crippen LogP contribution is 2.13. The fraction of sp³-hybridized carbons (Fsp3) is 0.611. The van der Waals surface area contributed by atoms with Gasteiger partial charge in [-0.25, -0.2) is 0 Å². The van der Waals surface area contributed by atoms with E-state index < -0.39 is 0 Å². The van der Waals surface area contributed by atoms with E-state index in [1.54, 1.807) is 12.1 Å². The summed E-state index contributed by atoms with van der Waals surface area (Å²) in [5.41, 5.74) is 0.629. The van der Waals surface area contributed by atoms with Crippen LogP contribution < -0.4 is 4.74 Å². The maximum atomic E-state index is 8.81. The summed E-state index contributed by atoms with van der Waals surface area (Å²) in [4.78, 5) is 0. The smallest absolute Gasteiger partial charge is 0.120 e. The predicted molar refractivity (Wildman–Crippen MR) is 85.4 cm³/mol.